The summed E-state index contributed by atoms with van der Waals surface area (Å²) < 4.78 is 6.73. The van der Waals surface area contributed by atoms with Gasteiger partial charge in [-0.15, -0.1) is 0 Å². The Morgan fingerprint density at radius 1 is 1.38 bits per heavy atom. The molecule has 1 aromatic carbocycles. The van der Waals surface area contributed by atoms with Gasteiger partial charge in [0.15, 0.2) is 5.78 Å². The van der Waals surface area contributed by atoms with E-state index >= 15 is 0 Å². The second-order valence-electron chi connectivity index (χ2n) is 3.33. The number of Topliss-reactive ketones (excluding diaryl/α,β-unsaturated/α-hetero) is 1. The molecule has 0 unspecified atom stereocenters. The smallest absolute Gasteiger partial charge is 0.187 e. The lowest BCUT2D eigenvalue weighted by Gasteiger charge is -2.06. The monoisotopic (exact) mass is 216 g/mol. The summed E-state index contributed by atoms with van der Waals surface area (Å²) in [6.45, 7) is 0.230. The molecule has 0 spiro atoms. The number of hydrogen-bond donors (Lipinski definition) is 0. The molecule has 4 heteroatoms. The first kappa shape index (κ1) is 10.4. The normalized spacial score (nSPS) is 10.1. The van der Waals surface area contributed by atoms with E-state index in [2.05, 4.69) is 5.10 Å². The third-order valence-electron chi connectivity index (χ3n) is 2.27. The van der Waals surface area contributed by atoms with Crippen molar-refractivity contribution in [2.24, 2.45) is 0 Å². The van der Waals surface area contributed by atoms with Gasteiger partial charge in [0, 0.05) is 12.4 Å². The van der Waals surface area contributed by atoms with Gasteiger partial charge >= 0.3 is 0 Å². The highest BCUT2D eigenvalue weighted by molar-refractivity contribution is 5.98. The Morgan fingerprint density at radius 2 is 2.19 bits per heavy atom. The van der Waals surface area contributed by atoms with Gasteiger partial charge in [0.25, 0.3) is 0 Å². The maximum Gasteiger partial charge on any atom is 0.187 e. The molecule has 0 bridgehead atoms. The highest BCUT2D eigenvalue weighted by Gasteiger charge is 2.11. The molecule has 0 fully saturated rings. The van der Waals surface area contributed by atoms with E-state index in [4.69, 9.17) is 4.74 Å². The van der Waals surface area contributed by atoms with Crippen LogP contribution in [0.1, 0.15) is 10.4 Å². The summed E-state index contributed by atoms with van der Waals surface area (Å²) in [5.41, 5.74) is 0.584. The van der Waals surface area contributed by atoms with Crippen molar-refractivity contribution in [1.82, 2.24) is 9.78 Å². The summed E-state index contributed by atoms with van der Waals surface area (Å²) >= 11 is 0. The average molecular weight is 216 g/mol. The van der Waals surface area contributed by atoms with E-state index in [0.29, 0.717) is 11.3 Å². The minimum atomic E-state index is -0.0128. The van der Waals surface area contributed by atoms with Crippen molar-refractivity contribution in [2.45, 2.75) is 6.54 Å². The molecule has 0 atom stereocenters. The zero-order chi connectivity index (χ0) is 11.4. The first-order valence-corrected chi connectivity index (χ1v) is 4.95. The van der Waals surface area contributed by atoms with Gasteiger partial charge in [-0.25, -0.2) is 0 Å². The zero-order valence-corrected chi connectivity index (χ0v) is 8.96. The third-order valence-corrected chi connectivity index (χ3v) is 2.27. The lowest BCUT2D eigenvalue weighted by molar-refractivity contribution is 0.0965. The van der Waals surface area contributed by atoms with E-state index in [1.165, 1.54) is 0 Å². The maximum absolute atomic E-state index is 12.0. The van der Waals surface area contributed by atoms with Crippen molar-refractivity contribution in [3.63, 3.8) is 0 Å². The van der Waals surface area contributed by atoms with Crippen molar-refractivity contribution in [2.75, 3.05) is 7.11 Å². The molecule has 1 heterocycles. The third kappa shape index (κ3) is 2.11. The molecule has 0 saturated heterocycles. The van der Waals surface area contributed by atoms with Crippen LogP contribution in [-0.2, 0) is 6.54 Å². The average Bonchev–Trinajstić information content (AvgIpc) is 2.81. The van der Waals surface area contributed by atoms with Crippen LogP contribution in [0.15, 0.2) is 42.7 Å². The molecule has 0 aliphatic heterocycles. The molecule has 4 nitrogen and oxygen atoms in total. The van der Waals surface area contributed by atoms with Crippen molar-refractivity contribution in [1.29, 1.82) is 0 Å². The summed E-state index contributed by atoms with van der Waals surface area (Å²) in [5.74, 6) is 0.584. The maximum atomic E-state index is 12.0. The van der Waals surface area contributed by atoms with Crippen molar-refractivity contribution < 1.29 is 9.53 Å². The minimum Gasteiger partial charge on any atom is -0.496 e. The number of carbonyl (C=O) groups excluding carboxylic acids is 1. The largest absolute Gasteiger partial charge is 0.496 e. The molecular formula is C12H12N2O2. The fourth-order valence-corrected chi connectivity index (χ4v) is 1.50. The van der Waals surface area contributed by atoms with Gasteiger partial charge in [-0.1, -0.05) is 12.1 Å². The lowest BCUT2D eigenvalue weighted by atomic mass is 10.1. The highest BCUT2D eigenvalue weighted by atomic mass is 16.5. The lowest BCUT2D eigenvalue weighted by Crippen LogP contribution is -2.11. The van der Waals surface area contributed by atoms with Crippen LogP contribution >= 0.6 is 0 Å². The van der Waals surface area contributed by atoms with E-state index in [0.717, 1.165) is 0 Å². The molecule has 0 radical (unpaired) electrons. The summed E-state index contributed by atoms with van der Waals surface area (Å²) in [6, 6.07) is 8.97. The van der Waals surface area contributed by atoms with Gasteiger partial charge in [-0.2, -0.15) is 5.10 Å². The summed E-state index contributed by atoms with van der Waals surface area (Å²) in [4.78, 5) is 12.0. The van der Waals surface area contributed by atoms with Crippen LogP contribution in [0.3, 0.4) is 0 Å². The standard InChI is InChI=1S/C12H12N2O2/c1-16-12-6-3-2-5-10(12)11(15)9-14-8-4-7-13-14/h2-8H,9H2,1H3. The Morgan fingerprint density at radius 3 is 2.88 bits per heavy atom. The predicted octanol–water partition coefficient (Wildman–Crippen LogP) is 1.77. The van der Waals surface area contributed by atoms with Gasteiger partial charge in [0.1, 0.15) is 12.3 Å². The van der Waals surface area contributed by atoms with Crippen LogP contribution < -0.4 is 4.74 Å². The van der Waals surface area contributed by atoms with E-state index in [9.17, 15) is 4.79 Å². The van der Waals surface area contributed by atoms with Crippen LogP contribution in [0, 0.1) is 0 Å². The highest BCUT2D eigenvalue weighted by Crippen LogP contribution is 2.18. The number of rotatable bonds is 4. The van der Waals surface area contributed by atoms with Crippen molar-refractivity contribution in [3.8, 4) is 5.75 Å². The van der Waals surface area contributed by atoms with Crippen LogP contribution in [0.25, 0.3) is 0 Å². The Labute approximate surface area is 93.5 Å². The van der Waals surface area contributed by atoms with Crippen LogP contribution in [0.5, 0.6) is 5.75 Å². The Balaban J connectivity index is 2.21. The van der Waals surface area contributed by atoms with Gasteiger partial charge in [-0.05, 0) is 18.2 Å². The predicted molar refractivity (Wildman–Crippen MR) is 59.6 cm³/mol. The Kier molecular flexibility index (Phi) is 3.00. The van der Waals surface area contributed by atoms with Crippen molar-refractivity contribution in [3.05, 3.63) is 48.3 Å². The first-order valence-electron chi connectivity index (χ1n) is 4.95. The molecule has 0 aliphatic rings. The second-order valence-corrected chi connectivity index (χ2v) is 3.33. The molecule has 0 saturated carbocycles. The quantitative estimate of drug-likeness (QED) is 0.732. The van der Waals surface area contributed by atoms with Gasteiger partial charge < -0.3 is 4.74 Å². The molecule has 0 aliphatic carbocycles. The fraction of sp³-hybridized carbons (Fsp3) is 0.167. The number of nitrogens with zero attached hydrogens (tertiary/aromatic N) is 2. The molecule has 82 valence electrons. The number of aromatic nitrogens is 2. The van der Waals surface area contributed by atoms with E-state index in [1.807, 2.05) is 12.1 Å². The van der Waals surface area contributed by atoms with Crippen molar-refractivity contribution >= 4 is 5.78 Å². The SMILES string of the molecule is COc1ccccc1C(=O)Cn1cccn1. The minimum absolute atomic E-state index is 0.0128. The number of hydrogen-bond acceptors (Lipinski definition) is 3. The molecule has 0 amide bonds. The number of para-hydroxylation sites is 1. The Hall–Kier alpha value is -2.10. The fourth-order valence-electron chi connectivity index (χ4n) is 1.50. The topological polar surface area (TPSA) is 44.1 Å². The molecule has 2 aromatic rings. The van der Waals surface area contributed by atoms with Gasteiger partial charge in [-0.3, -0.25) is 9.48 Å². The second kappa shape index (κ2) is 4.61. The summed E-state index contributed by atoms with van der Waals surface area (Å²) in [7, 11) is 1.56. The van der Waals surface area contributed by atoms with Gasteiger partial charge in [0.2, 0.25) is 0 Å². The zero-order valence-electron chi connectivity index (χ0n) is 8.96. The van der Waals surface area contributed by atoms with Crippen LogP contribution in [-0.4, -0.2) is 22.7 Å². The molecular weight excluding hydrogens is 204 g/mol. The van der Waals surface area contributed by atoms with E-state index in [-0.39, 0.29) is 12.3 Å². The molecule has 2 rings (SSSR count). The summed E-state index contributed by atoms with van der Waals surface area (Å²) in [6.07, 6.45) is 3.41. The Bertz CT molecular complexity index is 478. The number of ether oxygens (including phenoxy) is 1. The number of benzene rings is 1. The van der Waals surface area contributed by atoms with Crippen LogP contribution in [0.2, 0.25) is 0 Å². The first-order chi connectivity index (χ1) is 7.81. The van der Waals surface area contributed by atoms with E-state index < -0.39 is 0 Å². The molecule has 16 heavy (non-hydrogen) atoms. The number of methoxy groups -OCH3 is 1. The van der Waals surface area contributed by atoms with Gasteiger partial charge in [0.05, 0.1) is 12.7 Å². The molecule has 1 aromatic heterocycles. The molecule has 0 N–H and O–H groups in total. The van der Waals surface area contributed by atoms with Crippen LogP contribution in [0.4, 0.5) is 0 Å². The van der Waals surface area contributed by atoms with E-state index in [1.54, 1.807) is 42.4 Å². The number of ketones is 1. The number of carbonyl (C=O) groups is 1. The summed E-state index contributed by atoms with van der Waals surface area (Å²) in [5, 5.41) is 3.99.